The zero-order valence-electron chi connectivity index (χ0n) is 7.88. The van der Waals surface area contributed by atoms with Crippen LogP contribution in [0.25, 0.3) is 0 Å². The smallest absolute Gasteiger partial charge is 0.225 e. The summed E-state index contributed by atoms with van der Waals surface area (Å²) in [5.41, 5.74) is 5.41. The summed E-state index contributed by atoms with van der Waals surface area (Å²) < 4.78 is 0.742. The lowest BCUT2D eigenvalue weighted by molar-refractivity contribution is -0.116. The summed E-state index contributed by atoms with van der Waals surface area (Å²) in [5.74, 6) is 0.712. The van der Waals surface area contributed by atoms with E-state index in [-0.39, 0.29) is 11.8 Å². The fraction of sp³-hybridized carbons (Fsp3) is 0.500. The molecule has 0 radical (unpaired) electrons. The maximum absolute atomic E-state index is 11.4. The lowest BCUT2D eigenvalue weighted by atomic mass is 10.1. The van der Waals surface area contributed by atoms with Crippen LogP contribution in [-0.4, -0.2) is 22.6 Å². The molecule has 0 aliphatic rings. The molecule has 0 saturated heterocycles. The summed E-state index contributed by atoms with van der Waals surface area (Å²) >= 11 is 3.24. The van der Waals surface area contributed by atoms with Gasteiger partial charge >= 0.3 is 0 Å². The predicted molar refractivity (Wildman–Crippen MR) is 57.8 cm³/mol. The van der Waals surface area contributed by atoms with Crippen molar-refractivity contribution in [1.82, 2.24) is 10.2 Å². The van der Waals surface area contributed by atoms with Gasteiger partial charge in [-0.25, -0.2) is 0 Å². The Kier molecular flexibility index (Phi) is 4.09. The minimum Gasteiger partial charge on any atom is -0.330 e. The summed E-state index contributed by atoms with van der Waals surface area (Å²) in [7, 11) is 0. The lowest BCUT2D eigenvalue weighted by Gasteiger charge is -2.07. The molecule has 1 amide bonds. The van der Waals surface area contributed by atoms with Gasteiger partial charge in [-0.1, -0.05) is 6.92 Å². The highest BCUT2D eigenvalue weighted by molar-refractivity contribution is 9.10. The van der Waals surface area contributed by atoms with Gasteiger partial charge < -0.3 is 11.1 Å². The second-order valence-corrected chi connectivity index (χ2v) is 4.04. The summed E-state index contributed by atoms with van der Waals surface area (Å²) in [6, 6.07) is 0. The minimum atomic E-state index is -0.0621. The molecular weight excluding hydrogens is 248 g/mol. The van der Waals surface area contributed by atoms with Crippen molar-refractivity contribution in [3.8, 4) is 0 Å². The van der Waals surface area contributed by atoms with Crippen molar-refractivity contribution in [2.24, 2.45) is 11.7 Å². The van der Waals surface area contributed by atoms with Crippen molar-refractivity contribution in [3.05, 3.63) is 10.7 Å². The Morgan fingerprint density at radius 2 is 2.57 bits per heavy atom. The Labute approximate surface area is 90.6 Å². The second kappa shape index (κ2) is 5.11. The highest BCUT2D eigenvalue weighted by atomic mass is 79.9. The number of hydrogen-bond acceptors (Lipinski definition) is 3. The Hall–Kier alpha value is -0.880. The first-order chi connectivity index (χ1) is 6.63. The molecule has 0 fully saturated rings. The zero-order chi connectivity index (χ0) is 10.6. The number of nitrogens with two attached hydrogens (primary N) is 1. The minimum absolute atomic E-state index is 0.0621. The maximum Gasteiger partial charge on any atom is 0.225 e. The van der Waals surface area contributed by atoms with E-state index in [1.54, 1.807) is 6.20 Å². The van der Waals surface area contributed by atoms with Crippen molar-refractivity contribution in [3.63, 3.8) is 0 Å². The van der Waals surface area contributed by atoms with E-state index in [0.29, 0.717) is 18.8 Å². The van der Waals surface area contributed by atoms with Crippen LogP contribution in [0.1, 0.15) is 13.3 Å². The molecule has 0 bridgehead atoms. The molecule has 0 aliphatic heterocycles. The van der Waals surface area contributed by atoms with Gasteiger partial charge in [-0.2, -0.15) is 5.10 Å². The average molecular weight is 261 g/mol. The quantitative estimate of drug-likeness (QED) is 0.758. The third-order valence-corrected chi connectivity index (χ3v) is 2.39. The highest BCUT2D eigenvalue weighted by Crippen LogP contribution is 2.18. The summed E-state index contributed by atoms with van der Waals surface area (Å²) in [6.45, 7) is 2.44. The third kappa shape index (κ3) is 3.12. The molecule has 14 heavy (non-hydrogen) atoms. The number of carbonyl (C=O) groups is 1. The molecule has 1 aromatic rings. The van der Waals surface area contributed by atoms with Gasteiger partial charge in [0.1, 0.15) is 5.82 Å². The summed E-state index contributed by atoms with van der Waals surface area (Å²) in [4.78, 5) is 11.4. The number of amides is 1. The van der Waals surface area contributed by atoms with Crippen molar-refractivity contribution >= 4 is 27.7 Å². The third-order valence-electron chi connectivity index (χ3n) is 1.79. The van der Waals surface area contributed by atoms with Crippen molar-refractivity contribution < 1.29 is 4.79 Å². The molecule has 5 nitrogen and oxygen atoms in total. The lowest BCUT2D eigenvalue weighted by Crippen LogP contribution is -2.20. The van der Waals surface area contributed by atoms with Gasteiger partial charge in [0.25, 0.3) is 0 Å². The topological polar surface area (TPSA) is 83.8 Å². The van der Waals surface area contributed by atoms with Gasteiger partial charge in [0.05, 0.1) is 10.7 Å². The van der Waals surface area contributed by atoms with Gasteiger partial charge in [-0.05, 0) is 28.4 Å². The number of hydrogen-bond donors (Lipinski definition) is 3. The Morgan fingerprint density at radius 1 is 1.86 bits per heavy atom. The number of aromatic nitrogens is 2. The number of halogens is 1. The van der Waals surface area contributed by atoms with Crippen molar-refractivity contribution in [2.75, 3.05) is 11.9 Å². The molecule has 1 heterocycles. The van der Waals surface area contributed by atoms with Crippen LogP contribution in [-0.2, 0) is 4.79 Å². The first kappa shape index (κ1) is 11.2. The van der Waals surface area contributed by atoms with E-state index >= 15 is 0 Å². The standard InChI is InChI=1S/C8H13BrN4O/c1-5(3-10)2-7(14)12-8-6(9)4-11-13-8/h4-5H,2-3,10H2,1H3,(H2,11,12,13,14). The second-order valence-electron chi connectivity index (χ2n) is 3.19. The van der Waals surface area contributed by atoms with Crippen LogP contribution in [0.2, 0.25) is 0 Å². The molecule has 4 N–H and O–H groups in total. The number of nitrogens with zero attached hydrogens (tertiary/aromatic N) is 1. The van der Waals surface area contributed by atoms with Crippen LogP contribution in [0.3, 0.4) is 0 Å². The first-order valence-electron chi connectivity index (χ1n) is 4.32. The molecular formula is C8H13BrN4O. The average Bonchev–Trinajstić information content (AvgIpc) is 2.51. The fourth-order valence-corrected chi connectivity index (χ4v) is 1.24. The van der Waals surface area contributed by atoms with E-state index in [9.17, 15) is 4.79 Å². The van der Waals surface area contributed by atoms with E-state index in [1.165, 1.54) is 0 Å². The van der Waals surface area contributed by atoms with Crippen LogP contribution >= 0.6 is 15.9 Å². The predicted octanol–water partition coefficient (Wildman–Crippen LogP) is 1.10. The van der Waals surface area contributed by atoms with Crippen LogP contribution in [0.15, 0.2) is 10.7 Å². The summed E-state index contributed by atoms with van der Waals surface area (Å²) in [5, 5.41) is 9.13. The van der Waals surface area contributed by atoms with E-state index in [4.69, 9.17) is 5.73 Å². The van der Waals surface area contributed by atoms with E-state index in [0.717, 1.165) is 4.47 Å². The van der Waals surface area contributed by atoms with Crippen LogP contribution in [0.4, 0.5) is 5.82 Å². The van der Waals surface area contributed by atoms with Crippen molar-refractivity contribution in [1.29, 1.82) is 0 Å². The van der Waals surface area contributed by atoms with Crippen LogP contribution in [0.5, 0.6) is 0 Å². The first-order valence-corrected chi connectivity index (χ1v) is 5.11. The van der Waals surface area contributed by atoms with Gasteiger partial charge in [-0.15, -0.1) is 0 Å². The van der Waals surface area contributed by atoms with Crippen LogP contribution < -0.4 is 11.1 Å². The van der Waals surface area contributed by atoms with Crippen molar-refractivity contribution in [2.45, 2.75) is 13.3 Å². The Morgan fingerprint density at radius 3 is 3.07 bits per heavy atom. The van der Waals surface area contributed by atoms with Gasteiger partial charge in [0.15, 0.2) is 0 Å². The molecule has 0 saturated carbocycles. The largest absolute Gasteiger partial charge is 0.330 e. The number of nitrogens with one attached hydrogen (secondary N) is 2. The van der Waals surface area contributed by atoms with Gasteiger partial charge in [0, 0.05) is 6.42 Å². The number of aromatic amines is 1. The number of H-pyrrole nitrogens is 1. The fourth-order valence-electron chi connectivity index (χ4n) is 0.949. The van der Waals surface area contributed by atoms with Gasteiger partial charge in [0.2, 0.25) is 5.91 Å². The molecule has 1 rings (SSSR count). The van der Waals surface area contributed by atoms with Crippen LogP contribution in [0, 0.1) is 5.92 Å². The van der Waals surface area contributed by atoms with E-state index in [1.807, 2.05) is 6.92 Å². The molecule has 1 atom stereocenters. The molecule has 0 spiro atoms. The number of anilines is 1. The molecule has 1 unspecified atom stereocenters. The molecule has 1 aromatic heterocycles. The molecule has 78 valence electrons. The molecule has 0 aromatic carbocycles. The Balaban J connectivity index is 2.45. The monoisotopic (exact) mass is 260 g/mol. The number of rotatable bonds is 4. The van der Waals surface area contributed by atoms with E-state index in [2.05, 4.69) is 31.4 Å². The maximum atomic E-state index is 11.4. The molecule has 6 heteroatoms. The highest BCUT2D eigenvalue weighted by Gasteiger charge is 2.10. The summed E-state index contributed by atoms with van der Waals surface area (Å²) in [6.07, 6.45) is 2.00. The SMILES string of the molecule is CC(CN)CC(=O)Nc1[nH]ncc1Br. The Bertz CT molecular complexity index is 312. The molecule has 0 aliphatic carbocycles. The normalized spacial score (nSPS) is 12.5. The van der Waals surface area contributed by atoms with E-state index < -0.39 is 0 Å². The van der Waals surface area contributed by atoms with Gasteiger partial charge in [-0.3, -0.25) is 9.89 Å². The number of carbonyl (C=O) groups excluding carboxylic acids is 1. The zero-order valence-corrected chi connectivity index (χ0v) is 9.47.